The zero-order valence-electron chi connectivity index (χ0n) is 12.2. The smallest absolute Gasteiger partial charge is 0.212 e. The van der Waals surface area contributed by atoms with E-state index in [9.17, 15) is 4.79 Å². The molecule has 1 aromatic carbocycles. The largest absolute Gasteiger partial charge is 0.483 e. The summed E-state index contributed by atoms with van der Waals surface area (Å²) in [5, 5.41) is 0.658. The van der Waals surface area contributed by atoms with Gasteiger partial charge in [0.2, 0.25) is 5.56 Å². The first kappa shape index (κ1) is 20.0. The molecule has 1 aromatic heterocycles. The van der Waals surface area contributed by atoms with Gasteiger partial charge < -0.3 is 9.30 Å². The minimum Gasteiger partial charge on any atom is -0.483 e. The van der Waals surface area contributed by atoms with E-state index in [0.717, 1.165) is 5.56 Å². The fourth-order valence-corrected chi connectivity index (χ4v) is 2.60. The van der Waals surface area contributed by atoms with Gasteiger partial charge in [-0.3, -0.25) is 4.79 Å². The molecule has 0 atom stereocenters. The number of rotatable bonds is 5. The molecule has 0 aliphatic heterocycles. The molecule has 0 saturated heterocycles. The van der Waals surface area contributed by atoms with Crippen LogP contribution < -0.4 is 10.3 Å². The Morgan fingerprint density at radius 3 is 2.64 bits per heavy atom. The van der Waals surface area contributed by atoms with Gasteiger partial charge in [-0.05, 0) is 30.3 Å². The minimum atomic E-state index is -0.244. The van der Waals surface area contributed by atoms with Gasteiger partial charge in [0.25, 0.3) is 0 Å². The van der Waals surface area contributed by atoms with E-state index in [1.807, 2.05) is 25.3 Å². The fourth-order valence-electron chi connectivity index (χ4n) is 1.93. The molecule has 22 heavy (non-hydrogen) atoms. The Morgan fingerprint density at radius 2 is 2.05 bits per heavy atom. The van der Waals surface area contributed by atoms with E-state index in [2.05, 4.69) is 6.07 Å². The predicted molar refractivity (Wildman–Crippen MR) is 89.7 cm³/mol. The van der Waals surface area contributed by atoms with Gasteiger partial charge in [-0.25, -0.2) is 0 Å². The first-order valence-corrected chi connectivity index (χ1v) is 8.46. The van der Waals surface area contributed by atoms with Gasteiger partial charge in [0.1, 0.15) is 11.7 Å². The van der Waals surface area contributed by atoms with E-state index in [0.29, 0.717) is 28.9 Å². The van der Waals surface area contributed by atoms with E-state index in [-0.39, 0.29) is 43.3 Å². The van der Waals surface area contributed by atoms with E-state index in [1.54, 1.807) is 22.4 Å². The molecule has 0 aliphatic rings. The van der Waals surface area contributed by atoms with Crippen LogP contribution >= 0.6 is 35.0 Å². The van der Waals surface area contributed by atoms with Crippen molar-refractivity contribution in [3.05, 3.63) is 50.7 Å². The number of hydrogen-bond donors (Lipinski definition) is 0. The third kappa shape index (κ3) is 4.51. The molecule has 2 aromatic rings. The van der Waals surface area contributed by atoms with Crippen LogP contribution in [0, 0.1) is 6.07 Å². The zero-order chi connectivity index (χ0) is 15.4. The van der Waals surface area contributed by atoms with Crippen molar-refractivity contribution >= 4 is 35.0 Å². The average Bonchev–Trinajstić information content (AvgIpc) is 2.48. The molecular weight excluding hydrogens is 418 g/mol. The maximum atomic E-state index is 12.1. The first-order valence-electron chi connectivity index (χ1n) is 6.31. The first-order chi connectivity index (χ1) is 10.1. The predicted octanol–water partition coefficient (Wildman–Crippen LogP) is 4.34. The van der Waals surface area contributed by atoms with Crippen molar-refractivity contribution in [1.29, 1.82) is 0 Å². The average molecular weight is 432 g/mol. The third-order valence-corrected chi connectivity index (χ3v) is 3.85. The van der Waals surface area contributed by atoms with E-state index in [1.165, 1.54) is 6.07 Å². The number of hydrogen-bond acceptors (Lipinski definition) is 3. The van der Waals surface area contributed by atoms with Crippen molar-refractivity contribution in [3.63, 3.8) is 0 Å². The number of thioether (sulfide) groups is 1. The second kappa shape index (κ2) is 9.34. The molecule has 1 heterocycles. The Balaban J connectivity index is 0.00000242. The Kier molecular flexibility index (Phi) is 8.51. The Morgan fingerprint density at radius 1 is 1.32 bits per heavy atom. The summed E-state index contributed by atoms with van der Waals surface area (Å²) in [6.45, 7) is 2.37. The maximum Gasteiger partial charge on any atom is 0.212 e. The molecule has 0 saturated carbocycles. The van der Waals surface area contributed by atoms with Crippen molar-refractivity contribution in [2.24, 2.45) is 0 Å². The summed E-state index contributed by atoms with van der Waals surface area (Å²) in [4.78, 5) is 12.1. The molecule has 1 radical (unpaired) electrons. The number of halogens is 2. The Bertz CT molecular complexity index is 706. The molecule has 0 amide bonds. The molecule has 115 valence electrons. The molecule has 0 spiro atoms. The van der Waals surface area contributed by atoms with E-state index < -0.39 is 0 Å². The monoisotopic (exact) mass is 431 g/mol. The molecule has 3 nitrogen and oxygen atoms in total. The number of nitrogens with zero attached hydrogens (tertiary/aromatic N) is 1. The van der Waals surface area contributed by atoms with Crippen molar-refractivity contribution < 1.29 is 37.4 Å². The van der Waals surface area contributed by atoms with Gasteiger partial charge in [-0.2, -0.15) is 23.7 Å². The van der Waals surface area contributed by atoms with Crippen molar-refractivity contribution in [1.82, 2.24) is 4.57 Å². The number of pyridine rings is 1. The fraction of sp³-hybridized carbons (Fsp3) is 0.267. The Hall–Kier alpha value is 0.00390. The molecule has 0 fully saturated rings. The van der Waals surface area contributed by atoms with Crippen LogP contribution in [-0.4, -0.2) is 16.8 Å². The molecule has 2 rings (SSSR count). The standard InChI is InChI=1S/C15H14Cl2NO2S.Y/c1-3-18-14(7-6-12(16)15(18)19)11-5-4-10(8-13(11)17)20-9-21-2;/h4-6,8H,3,9H2,1-2H3;/q-1;. The summed E-state index contributed by atoms with van der Waals surface area (Å²) >= 11 is 13.7. The summed E-state index contributed by atoms with van der Waals surface area (Å²) in [5.74, 6) is 1.25. The van der Waals surface area contributed by atoms with Gasteiger partial charge in [0, 0.05) is 44.3 Å². The van der Waals surface area contributed by atoms with Crippen molar-refractivity contribution in [2.45, 2.75) is 13.5 Å². The molecule has 0 bridgehead atoms. The SMILES string of the molecule is CCn1c(-c2ccc(OCSC)cc2Cl)[c-]cc(Cl)c1=O.[Y]. The molecule has 7 heteroatoms. The number of ether oxygens (including phenoxy) is 1. The molecule has 0 unspecified atom stereocenters. The molecule has 0 N–H and O–H groups in total. The third-order valence-electron chi connectivity index (χ3n) is 2.91. The summed E-state index contributed by atoms with van der Waals surface area (Å²) in [6.07, 6.45) is 1.96. The summed E-state index contributed by atoms with van der Waals surface area (Å²) in [6, 6.07) is 9.87. The van der Waals surface area contributed by atoms with Gasteiger partial charge >= 0.3 is 0 Å². The topological polar surface area (TPSA) is 31.2 Å². The number of aromatic nitrogens is 1. The van der Waals surface area contributed by atoms with Crippen LogP contribution in [0.4, 0.5) is 0 Å². The normalized spacial score (nSPS) is 10.2. The zero-order valence-corrected chi connectivity index (χ0v) is 17.4. The van der Waals surface area contributed by atoms with Crippen LogP contribution in [0.3, 0.4) is 0 Å². The van der Waals surface area contributed by atoms with Crippen LogP contribution in [0.1, 0.15) is 6.92 Å². The van der Waals surface area contributed by atoms with E-state index in [4.69, 9.17) is 27.9 Å². The van der Waals surface area contributed by atoms with Gasteiger partial charge in [0.05, 0.1) is 0 Å². The maximum absolute atomic E-state index is 12.1. The van der Waals surface area contributed by atoms with Gasteiger partial charge in [-0.15, -0.1) is 17.8 Å². The second-order valence-electron chi connectivity index (χ2n) is 4.23. The van der Waals surface area contributed by atoms with Crippen LogP contribution in [-0.2, 0) is 39.3 Å². The van der Waals surface area contributed by atoms with Crippen LogP contribution in [0.5, 0.6) is 5.75 Å². The van der Waals surface area contributed by atoms with E-state index >= 15 is 0 Å². The van der Waals surface area contributed by atoms with Crippen LogP contribution in [0.25, 0.3) is 11.3 Å². The molecule has 0 aliphatic carbocycles. The van der Waals surface area contributed by atoms with Gasteiger partial charge in [-0.1, -0.05) is 22.9 Å². The summed E-state index contributed by atoms with van der Waals surface area (Å²) in [7, 11) is 0. The van der Waals surface area contributed by atoms with Crippen LogP contribution in [0.15, 0.2) is 29.1 Å². The quantitative estimate of drug-likeness (QED) is 0.521. The number of benzene rings is 1. The summed E-state index contributed by atoms with van der Waals surface area (Å²) in [5.41, 5.74) is 1.10. The van der Waals surface area contributed by atoms with Crippen molar-refractivity contribution in [3.8, 4) is 17.0 Å². The molecular formula is C15H14Cl2NO2SY-. The minimum absolute atomic E-state index is 0. The summed E-state index contributed by atoms with van der Waals surface area (Å²) < 4.78 is 7.05. The van der Waals surface area contributed by atoms with Gasteiger partial charge in [0.15, 0.2) is 0 Å². The second-order valence-corrected chi connectivity index (χ2v) is 5.85. The van der Waals surface area contributed by atoms with Crippen LogP contribution in [0.2, 0.25) is 10.0 Å². The Labute approximate surface area is 169 Å². The van der Waals surface area contributed by atoms with Crippen molar-refractivity contribution in [2.75, 3.05) is 12.2 Å².